The summed E-state index contributed by atoms with van der Waals surface area (Å²) in [5, 5.41) is 2.20. The fraction of sp³-hybridized carbons (Fsp3) is 0.111. The zero-order valence-electron chi connectivity index (χ0n) is 11.6. The number of rotatable bonds is 4. The van der Waals surface area contributed by atoms with Crippen molar-refractivity contribution in [1.29, 1.82) is 0 Å². The normalized spacial score (nSPS) is 10.8. The number of hydrogen-bond acceptors (Lipinski definition) is 2. The first-order valence-corrected chi connectivity index (χ1v) is 6.86. The highest BCUT2D eigenvalue weighted by Gasteiger charge is 2.08. The van der Waals surface area contributed by atoms with Crippen LogP contribution in [0, 0.1) is 5.82 Å². The van der Waals surface area contributed by atoms with Gasteiger partial charge in [0, 0.05) is 17.7 Å². The summed E-state index contributed by atoms with van der Waals surface area (Å²) >= 11 is 0. The molecule has 2 N–H and O–H groups in total. The van der Waals surface area contributed by atoms with Crippen LogP contribution in [0.1, 0.15) is 11.1 Å². The van der Waals surface area contributed by atoms with Gasteiger partial charge in [-0.05, 0) is 22.9 Å². The van der Waals surface area contributed by atoms with E-state index in [2.05, 4.69) is 0 Å². The molecule has 2 nitrogen and oxygen atoms in total. The second-order valence-electron chi connectivity index (χ2n) is 4.85. The van der Waals surface area contributed by atoms with E-state index in [1.54, 1.807) is 18.2 Å². The van der Waals surface area contributed by atoms with Crippen LogP contribution in [0.2, 0.25) is 0 Å². The maximum absolute atomic E-state index is 13.6. The summed E-state index contributed by atoms with van der Waals surface area (Å²) in [5.74, 6) is 0.451. The van der Waals surface area contributed by atoms with Gasteiger partial charge >= 0.3 is 0 Å². The molecule has 21 heavy (non-hydrogen) atoms. The lowest BCUT2D eigenvalue weighted by atomic mass is 10.0. The Bertz CT molecular complexity index is 770. The first-order chi connectivity index (χ1) is 10.3. The second-order valence-corrected chi connectivity index (χ2v) is 4.85. The molecule has 3 aromatic carbocycles. The van der Waals surface area contributed by atoms with Crippen LogP contribution in [-0.4, -0.2) is 0 Å². The summed E-state index contributed by atoms with van der Waals surface area (Å²) in [4.78, 5) is 0. The van der Waals surface area contributed by atoms with Gasteiger partial charge in [-0.15, -0.1) is 0 Å². The molecule has 0 aromatic heterocycles. The monoisotopic (exact) mass is 281 g/mol. The van der Waals surface area contributed by atoms with Gasteiger partial charge in [0.1, 0.15) is 18.2 Å². The van der Waals surface area contributed by atoms with Crippen molar-refractivity contribution in [2.45, 2.75) is 13.2 Å². The largest absolute Gasteiger partial charge is 0.488 e. The second kappa shape index (κ2) is 5.94. The first-order valence-electron chi connectivity index (χ1n) is 6.86. The molecule has 0 amide bonds. The van der Waals surface area contributed by atoms with E-state index in [-0.39, 0.29) is 12.4 Å². The lowest BCUT2D eigenvalue weighted by Crippen LogP contribution is -2.04. The van der Waals surface area contributed by atoms with Gasteiger partial charge in [-0.2, -0.15) is 0 Å². The number of benzene rings is 3. The van der Waals surface area contributed by atoms with Gasteiger partial charge in [-0.25, -0.2) is 4.39 Å². The Morgan fingerprint density at radius 3 is 2.48 bits per heavy atom. The van der Waals surface area contributed by atoms with Gasteiger partial charge in [0.15, 0.2) is 0 Å². The van der Waals surface area contributed by atoms with E-state index in [1.807, 2.05) is 36.4 Å². The van der Waals surface area contributed by atoms with Gasteiger partial charge in [0.2, 0.25) is 0 Å². The molecule has 0 spiro atoms. The maximum atomic E-state index is 13.6. The van der Waals surface area contributed by atoms with Crippen LogP contribution in [0.4, 0.5) is 4.39 Å². The summed E-state index contributed by atoms with van der Waals surface area (Å²) in [7, 11) is 0. The van der Waals surface area contributed by atoms with Crippen molar-refractivity contribution in [3.8, 4) is 5.75 Å². The zero-order valence-corrected chi connectivity index (χ0v) is 11.6. The molecule has 3 aromatic rings. The molecule has 0 radical (unpaired) electrons. The molecule has 3 heteroatoms. The highest BCUT2D eigenvalue weighted by atomic mass is 19.1. The van der Waals surface area contributed by atoms with Gasteiger partial charge in [0.05, 0.1) is 0 Å². The predicted molar refractivity (Wildman–Crippen MR) is 82.6 cm³/mol. The van der Waals surface area contributed by atoms with Gasteiger partial charge < -0.3 is 10.5 Å². The van der Waals surface area contributed by atoms with E-state index in [1.165, 1.54) is 6.07 Å². The highest BCUT2D eigenvalue weighted by molar-refractivity contribution is 5.87. The van der Waals surface area contributed by atoms with Crippen molar-refractivity contribution in [3.05, 3.63) is 77.6 Å². The minimum absolute atomic E-state index is 0.192. The summed E-state index contributed by atoms with van der Waals surface area (Å²) < 4.78 is 19.4. The SMILES string of the molecule is NCc1c(OCc2ccccc2F)ccc2ccccc12. The molecular formula is C18H16FNO. The van der Waals surface area contributed by atoms with Crippen molar-refractivity contribution in [2.24, 2.45) is 5.73 Å². The third-order valence-electron chi connectivity index (χ3n) is 3.54. The first kappa shape index (κ1) is 13.6. The van der Waals surface area contributed by atoms with Gasteiger partial charge in [0.25, 0.3) is 0 Å². The number of fused-ring (bicyclic) bond motifs is 1. The van der Waals surface area contributed by atoms with Crippen LogP contribution in [-0.2, 0) is 13.2 Å². The van der Waals surface area contributed by atoms with Gasteiger partial charge in [-0.1, -0.05) is 48.5 Å². The number of halogens is 1. The van der Waals surface area contributed by atoms with Crippen LogP contribution in [0.5, 0.6) is 5.75 Å². The molecule has 106 valence electrons. The zero-order chi connectivity index (χ0) is 14.7. The van der Waals surface area contributed by atoms with Crippen LogP contribution < -0.4 is 10.5 Å². The Kier molecular flexibility index (Phi) is 3.84. The van der Waals surface area contributed by atoms with E-state index in [9.17, 15) is 4.39 Å². The number of nitrogens with two attached hydrogens (primary N) is 1. The molecule has 3 rings (SSSR count). The molecule has 0 aliphatic heterocycles. The summed E-state index contributed by atoms with van der Waals surface area (Å²) in [6, 6.07) is 18.5. The fourth-order valence-corrected chi connectivity index (χ4v) is 2.43. The van der Waals surface area contributed by atoms with Crippen molar-refractivity contribution < 1.29 is 9.13 Å². The van der Waals surface area contributed by atoms with Crippen molar-refractivity contribution in [3.63, 3.8) is 0 Å². The Morgan fingerprint density at radius 1 is 0.905 bits per heavy atom. The number of ether oxygens (including phenoxy) is 1. The smallest absolute Gasteiger partial charge is 0.129 e. The average Bonchev–Trinajstić information content (AvgIpc) is 2.53. The van der Waals surface area contributed by atoms with E-state index in [0.29, 0.717) is 17.9 Å². The quantitative estimate of drug-likeness (QED) is 0.784. The summed E-state index contributed by atoms with van der Waals surface area (Å²) in [6.07, 6.45) is 0. The average molecular weight is 281 g/mol. The number of hydrogen-bond donors (Lipinski definition) is 1. The maximum Gasteiger partial charge on any atom is 0.129 e. The van der Waals surface area contributed by atoms with Crippen molar-refractivity contribution in [1.82, 2.24) is 0 Å². The van der Waals surface area contributed by atoms with E-state index >= 15 is 0 Å². The molecular weight excluding hydrogens is 265 g/mol. The van der Waals surface area contributed by atoms with Crippen molar-refractivity contribution >= 4 is 10.8 Å². The molecule has 0 aliphatic carbocycles. The topological polar surface area (TPSA) is 35.2 Å². The Hall–Kier alpha value is -2.39. The minimum Gasteiger partial charge on any atom is -0.488 e. The van der Waals surface area contributed by atoms with Crippen LogP contribution in [0.25, 0.3) is 10.8 Å². The lowest BCUT2D eigenvalue weighted by molar-refractivity contribution is 0.297. The third kappa shape index (κ3) is 2.73. The van der Waals surface area contributed by atoms with E-state index < -0.39 is 0 Å². The van der Waals surface area contributed by atoms with Gasteiger partial charge in [-0.3, -0.25) is 0 Å². The summed E-state index contributed by atoms with van der Waals surface area (Å²) in [5.41, 5.74) is 7.35. The molecule has 0 saturated carbocycles. The predicted octanol–water partition coefficient (Wildman–Crippen LogP) is 4.02. The van der Waals surface area contributed by atoms with Crippen LogP contribution in [0.15, 0.2) is 60.7 Å². The molecule has 0 heterocycles. The molecule has 0 fully saturated rings. The van der Waals surface area contributed by atoms with Crippen LogP contribution >= 0.6 is 0 Å². The highest BCUT2D eigenvalue weighted by Crippen LogP contribution is 2.28. The Labute approximate surface area is 123 Å². The van der Waals surface area contributed by atoms with Crippen LogP contribution in [0.3, 0.4) is 0 Å². The summed E-state index contributed by atoms with van der Waals surface area (Å²) in [6.45, 7) is 0.575. The molecule has 0 aliphatic rings. The van der Waals surface area contributed by atoms with Crippen molar-refractivity contribution in [2.75, 3.05) is 0 Å². The Balaban J connectivity index is 1.92. The third-order valence-corrected chi connectivity index (χ3v) is 3.54. The standard InChI is InChI=1S/C18H16FNO/c19-17-8-4-2-6-14(17)12-21-18-10-9-13-5-1-3-7-15(13)16(18)11-20/h1-10H,11-12,20H2. The van der Waals surface area contributed by atoms with E-state index in [4.69, 9.17) is 10.5 Å². The molecule has 0 unspecified atom stereocenters. The Morgan fingerprint density at radius 2 is 1.67 bits per heavy atom. The molecule has 0 saturated heterocycles. The molecule has 0 atom stereocenters. The van der Waals surface area contributed by atoms with E-state index in [0.717, 1.165) is 16.3 Å². The fourth-order valence-electron chi connectivity index (χ4n) is 2.43. The minimum atomic E-state index is -0.257. The lowest BCUT2D eigenvalue weighted by Gasteiger charge is -2.13. The molecule has 0 bridgehead atoms.